The zero-order valence-corrected chi connectivity index (χ0v) is 66.5. The van der Waals surface area contributed by atoms with Gasteiger partial charge < -0.3 is 176 Å². The lowest BCUT2D eigenvalue weighted by atomic mass is 9.94. The Balaban J connectivity index is 1.25. The van der Waals surface area contributed by atoms with Gasteiger partial charge in [0, 0.05) is 149 Å². The second-order valence-corrected chi connectivity index (χ2v) is 27.7. The first kappa shape index (κ1) is 90.9. The van der Waals surface area contributed by atoms with Gasteiger partial charge in [-0.15, -0.1) is 0 Å². The minimum absolute atomic E-state index is 0.0642. The number of hydrogen-bond donors (Lipinski definition) is 2. The number of hydrogen-bond acceptors (Lipinski definition) is 37. The molecule has 21 fully saturated rings. The fourth-order valence-corrected chi connectivity index (χ4v) is 15.5. The molecule has 0 spiro atoms. The number of methoxy groups -OCH3 is 20. The van der Waals surface area contributed by atoms with Gasteiger partial charge in [-0.3, -0.25) is 4.79 Å². The van der Waals surface area contributed by atoms with E-state index in [-0.39, 0.29) is 46.2 Å². The lowest BCUT2D eigenvalue weighted by Gasteiger charge is -2.52. The Morgan fingerprint density at radius 1 is 0.250 bits per heavy atom. The van der Waals surface area contributed by atoms with Gasteiger partial charge in [0.1, 0.15) is 177 Å². The molecule has 0 aromatic heterocycles. The molecule has 2 amide bonds. The van der Waals surface area contributed by atoms with Gasteiger partial charge in [-0.1, -0.05) is 0 Å². The summed E-state index contributed by atoms with van der Waals surface area (Å²) in [6.45, 7) is 3.76. The summed E-state index contributed by atoms with van der Waals surface area (Å²) in [4.78, 5) is 26.7. The molecular weight excluding hydrogens is 1450 g/mol. The van der Waals surface area contributed by atoms with E-state index < -0.39 is 239 Å². The minimum atomic E-state index is -1.40. The molecule has 21 heterocycles. The van der Waals surface area contributed by atoms with E-state index in [1.807, 2.05) is 0 Å². The maximum absolute atomic E-state index is 13.9. The van der Waals surface area contributed by atoms with Crippen LogP contribution in [0.25, 0.3) is 0 Å². The smallest absolute Gasteiger partial charge is 0.408 e. The predicted molar refractivity (Wildman–Crippen MR) is 364 cm³/mol. The van der Waals surface area contributed by atoms with Crippen LogP contribution in [0.1, 0.15) is 20.8 Å². The van der Waals surface area contributed by atoms with Crippen LogP contribution in [-0.2, 0) is 171 Å². The van der Waals surface area contributed by atoms with Crippen molar-refractivity contribution in [3.63, 3.8) is 0 Å². The van der Waals surface area contributed by atoms with Crippen LogP contribution in [0.15, 0.2) is 0 Å². The summed E-state index contributed by atoms with van der Waals surface area (Å²) in [5.41, 5.74) is -0.856. The fourth-order valence-electron chi connectivity index (χ4n) is 15.5. The Morgan fingerprint density at radius 3 is 0.593 bits per heavy atom. The van der Waals surface area contributed by atoms with E-state index in [1.165, 1.54) is 142 Å². The van der Waals surface area contributed by atoms with Gasteiger partial charge in [-0.05, 0) is 20.8 Å². The summed E-state index contributed by atoms with van der Waals surface area (Å²) in [7, 11) is 29.6. The van der Waals surface area contributed by atoms with Crippen molar-refractivity contribution in [2.75, 3.05) is 195 Å². The van der Waals surface area contributed by atoms with Crippen LogP contribution in [0.4, 0.5) is 4.79 Å². The Hall–Kier alpha value is -2.62. The summed E-state index contributed by atoms with van der Waals surface area (Å²) in [5.74, 6) is -0.633. The molecule has 14 bridgehead atoms. The van der Waals surface area contributed by atoms with Crippen LogP contribution in [0.2, 0.25) is 0 Å². The number of nitrogens with one attached hydrogen (secondary N) is 2. The number of alkyl carbamates (subject to hydrolysis) is 1. The first-order chi connectivity index (χ1) is 52.1. The highest BCUT2D eigenvalue weighted by molar-refractivity contribution is 5.82. The van der Waals surface area contributed by atoms with Gasteiger partial charge in [0.25, 0.3) is 0 Å². The van der Waals surface area contributed by atoms with Crippen molar-refractivity contribution in [1.82, 2.24) is 10.6 Å². The number of ether oxygens (including phenoxy) is 35. The molecule has 21 aliphatic rings. The van der Waals surface area contributed by atoms with Crippen LogP contribution in [0.3, 0.4) is 0 Å². The van der Waals surface area contributed by atoms with E-state index >= 15 is 0 Å². The number of amides is 2. The van der Waals surface area contributed by atoms with Gasteiger partial charge in [-0.2, -0.15) is 0 Å². The topological polar surface area (TPSA) is 381 Å². The van der Waals surface area contributed by atoms with Crippen molar-refractivity contribution < 1.29 is 175 Å². The molecule has 0 radical (unpaired) electrons. The Labute approximate surface area is 632 Å². The summed E-state index contributed by atoms with van der Waals surface area (Å²) in [5, 5.41) is 5.35. The van der Waals surface area contributed by atoms with E-state index in [4.69, 9.17) is 166 Å². The zero-order valence-electron chi connectivity index (χ0n) is 66.5. The molecule has 0 aromatic carbocycles. The Kier molecular flexibility index (Phi) is 37.0. The quantitative estimate of drug-likeness (QED) is 0.0826. The third kappa shape index (κ3) is 21.1. The normalized spacial score (nSPS) is 42.9. The molecule has 630 valence electrons. The third-order valence-electron chi connectivity index (χ3n) is 20.3. The molecule has 39 heteroatoms. The summed E-state index contributed by atoms with van der Waals surface area (Å²) >= 11 is 0. The number of carbonyl (C=O) groups excluding carboxylic acids is 2. The van der Waals surface area contributed by atoms with Crippen LogP contribution in [-0.4, -0.2) is 427 Å². The van der Waals surface area contributed by atoms with Gasteiger partial charge in [0.15, 0.2) is 44.0 Å². The molecule has 21 saturated heterocycles. The largest absolute Gasteiger partial charge is 0.444 e. The molecule has 2 N–H and O–H groups in total. The van der Waals surface area contributed by atoms with Crippen molar-refractivity contribution in [2.45, 2.75) is 241 Å². The highest BCUT2D eigenvalue weighted by Crippen LogP contribution is 2.43. The number of rotatable bonds is 30. The van der Waals surface area contributed by atoms with Gasteiger partial charge in [0.2, 0.25) is 5.91 Å². The van der Waals surface area contributed by atoms with E-state index in [2.05, 4.69) is 10.6 Å². The summed E-state index contributed by atoms with van der Waals surface area (Å²) < 4.78 is 227. The fraction of sp³-hybridized carbons (Fsp3) is 0.971. The molecule has 0 saturated carbocycles. The van der Waals surface area contributed by atoms with Crippen LogP contribution in [0.5, 0.6) is 0 Å². The van der Waals surface area contributed by atoms with E-state index in [1.54, 1.807) is 20.8 Å². The molecule has 108 heavy (non-hydrogen) atoms. The zero-order chi connectivity index (χ0) is 78.7. The average Bonchev–Trinajstić information content (AvgIpc) is 0.766. The summed E-state index contributed by atoms with van der Waals surface area (Å²) in [6, 6.07) is 0. The second-order valence-electron chi connectivity index (χ2n) is 27.7. The molecule has 39 nitrogen and oxygen atoms in total. The van der Waals surface area contributed by atoms with Crippen LogP contribution >= 0.6 is 0 Å². The lowest BCUT2D eigenvalue weighted by molar-refractivity contribution is -0.402. The van der Waals surface area contributed by atoms with Crippen molar-refractivity contribution in [3.8, 4) is 0 Å². The van der Waals surface area contributed by atoms with E-state index in [0.29, 0.717) is 0 Å². The maximum Gasteiger partial charge on any atom is 0.408 e. The molecule has 21 aliphatic heterocycles. The third-order valence-corrected chi connectivity index (χ3v) is 20.3. The molecule has 35 atom stereocenters. The standard InChI is InChI=1S/C69H122N2O37/c1-69(2,3)108-68(73)71-25-39(72)70-24-32-40-47(80-10)54(87-17)61(94-32)102-41-33(26-74-4)96-63(56(89-19)48(41)81-11)104-43-35(28-76-6)98-65(58(91-21)50(43)83-13)106-45-37(30-78-8)100-67(60(93-23)52(45)85-15)107-46-38(31-79-9)99-66(59(92-22)53(46)86-16)105-44-36(29-77-7)97-64(57(90-20)51(44)84-14)103-42-34(27-75-5)95-62(101-40)55(88-18)49(42)82-12/h32-38,40-67H,24-31H2,1-23H3,(H,70,72)(H,71,73)/t32-,33-,34-,35-,36-,37-,38-,40-,41-,42-,43-,44-,45-,46-,47+,48+,49+,50+,51+,52+,53+,54-,55-,56-,57-,58-,59-,60-,61+,62+,63+,64+,65+,66+,67+/m1/s1. The highest BCUT2D eigenvalue weighted by Gasteiger charge is 2.62. The van der Waals surface area contributed by atoms with E-state index in [9.17, 15) is 9.59 Å². The van der Waals surface area contributed by atoms with Gasteiger partial charge in [0.05, 0.1) is 46.2 Å². The van der Waals surface area contributed by atoms with Crippen LogP contribution in [0, 0.1) is 0 Å². The lowest BCUT2D eigenvalue weighted by Crippen LogP contribution is -2.69. The first-order valence-corrected chi connectivity index (χ1v) is 35.9. The molecule has 0 aliphatic carbocycles. The summed E-state index contributed by atoms with van der Waals surface area (Å²) in [6.07, 6.45) is -39.7. The molecule has 0 aromatic rings. The first-order valence-electron chi connectivity index (χ1n) is 35.9. The minimum Gasteiger partial charge on any atom is -0.444 e. The average molecular weight is 1570 g/mol. The Bertz CT molecular complexity index is 2560. The predicted octanol–water partition coefficient (Wildman–Crippen LogP) is -1.50. The highest BCUT2D eigenvalue weighted by atomic mass is 16.8. The van der Waals surface area contributed by atoms with Crippen molar-refractivity contribution in [2.24, 2.45) is 0 Å². The van der Waals surface area contributed by atoms with Crippen molar-refractivity contribution in [1.29, 1.82) is 0 Å². The van der Waals surface area contributed by atoms with Gasteiger partial charge in [-0.25, -0.2) is 4.79 Å². The maximum atomic E-state index is 13.9. The van der Waals surface area contributed by atoms with Gasteiger partial charge >= 0.3 is 6.09 Å². The monoisotopic (exact) mass is 1570 g/mol. The van der Waals surface area contributed by atoms with Crippen LogP contribution < -0.4 is 10.6 Å². The number of carbonyl (C=O) groups is 2. The molecule has 21 rings (SSSR count). The van der Waals surface area contributed by atoms with E-state index in [0.717, 1.165) is 0 Å². The second kappa shape index (κ2) is 43.9. The Morgan fingerprint density at radius 2 is 0.426 bits per heavy atom. The SMILES string of the molecule is COC[C@H]1O[C@H]2O[C@H]3[C@H](OC)[C@@H](OC)[C@H](O[C@H]4[C@H](OC)[C@@H](OC)[C@H](O[C@H]5[C@H](OC)[C@@H](OC)[C@H](O[C@H]6[C@H](OC)[C@@H](OC)[C@H](O[C@H]7[C@H](OC)[C@@H](OC)[C@H](O[C@H]8[C@H](OC)[C@@H](OC)[C@H](O[C@H]1[C@H](OC)[C@H]2OC)O[C@@H]8CNC(=O)CNC(=O)OC(C)(C)C)O[C@@H]7COC)O[C@@H]6COC)O[C@@H]5COC)O[C@@H]4COC)O[C@@H]3COC. The van der Waals surface area contributed by atoms with Crippen molar-refractivity contribution >= 4 is 12.0 Å². The molecule has 0 unspecified atom stereocenters. The van der Waals surface area contributed by atoms with Crippen molar-refractivity contribution in [3.05, 3.63) is 0 Å². The molecular formula is C69H122N2O37.